The summed E-state index contributed by atoms with van der Waals surface area (Å²) in [6.45, 7) is 3.37. The Kier molecular flexibility index (Phi) is 8.38. The highest BCUT2D eigenvalue weighted by molar-refractivity contribution is 6.18. The lowest BCUT2D eigenvalue weighted by Gasteiger charge is -2.24. The number of hydrogen-bond donors (Lipinski definition) is 0. The zero-order valence-corrected chi connectivity index (χ0v) is 17.2. The maximum atomic E-state index is 11.8. The normalized spacial score (nSPS) is 11.0. The fraction of sp³-hybridized carbons (Fsp3) is 0.526. The van der Waals surface area contributed by atoms with Crippen molar-refractivity contribution >= 4 is 52.2 Å². The number of aromatic nitrogens is 2. The molecule has 0 radical (unpaired) electrons. The molecule has 0 spiro atoms. The summed E-state index contributed by atoms with van der Waals surface area (Å²) in [6, 6.07) is 3.87. The molecule has 0 amide bonds. The number of carbonyl (C=O) groups is 2. The Bertz CT molecular complexity index is 786. The Morgan fingerprint density at radius 2 is 2.00 bits per heavy atom. The third-order valence-corrected chi connectivity index (χ3v) is 4.75. The Labute approximate surface area is 169 Å². The van der Waals surface area contributed by atoms with Crippen molar-refractivity contribution < 1.29 is 14.3 Å². The average Bonchev–Trinajstić information content (AvgIpc) is 2.97. The number of anilines is 1. The van der Waals surface area contributed by atoms with Gasteiger partial charge in [-0.2, -0.15) is 0 Å². The highest BCUT2D eigenvalue weighted by Gasteiger charge is 2.18. The van der Waals surface area contributed by atoms with E-state index in [2.05, 4.69) is 4.98 Å². The van der Waals surface area contributed by atoms with E-state index in [0.29, 0.717) is 61.8 Å². The van der Waals surface area contributed by atoms with Gasteiger partial charge in [0, 0.05) is 50.4 Å². The molecule has 0 atom stereocenters. The van der Waals surface area contributed by atoms with Crippen LogP contribution in [0.25, 0.3) is 11.0 Å². The number of benzene rings is 1. The van der Waals surface area contributed by atoms with Crippen LogP contribution in [0.1, 0.15) is 35.9 Å². The van der Waals surface area contributed by atoms with E-state index < -0.39 is 0 Å². The molecule has 6 nitrogen and oxygen atoms in total. The molecule has 1 heterocycles. The van der Waals surface area contributed by atoms with Crippen LogP contribution in [0.4, 0.5) is 5.69 Å². The minimum Gasteiger partial charge on any atom is -0.466 e. The minimum atomic E-state index is -0.204. The predicted molar refractivity (Wildman–Crippen MR) is 109 cm³/mol. The average molecular weight is 414 g/mol. The number of fused-ring (bicyclic) bond motifs is 1. The Morgan fingerprint density at radius 1 is 1.30 bits per heavy atom. The van der Waals surface area contributed by atoms with Gasteiger partial charge in [0.05, 0.1) is 17.7 Å². The van der Waals surface area contributed by atoms with Crippen LogP contribution in [0.15, 0.2) is 12.1 Å². The topological polar surface area (TPSA) is 64.4 Å². The number of carbonyl (C=O) groups excluding carboxylic acids is 2. The number of aryl methyl sites for hydroxylation is 2. The summed E-state index contributed by atoms with van der Waals surface area (Å²) in [5.41, 5.74) is 2.86. The summed E-state index contributed by atoms with van der Waals surface area (Å²) in [4.78, 5) is 30.0. The maximum absolute atomic E-state index is 11.8. The first-order chi connectivity index (χ1) is 13.1. The van der Waals surface area contributed by atoms with Crippen molar-refractivity contribution in [3.8, 4) is 0 Å². The third-order valence-electron chi connectivity index (χ3n) is 4.42. The van der Waals surface area contributed by atoms with Crippen molar-refractivity contribution in [1.29, 1.82) is 0 Å². The molecule has 0 fully saturated rings. The van der Waals surface area contributed by atoms with Crippen molar-refractivity contribution in [2.45, 2.75) is 26.2 Å². The first-order valence-corrected chi connectivity index (χ1v) is 10.1. The molecule has 1 aromatic carbocycles. The minimum absolute atomic E-state index is 0.204. The van der Waals surface area contributed by atoms with Crippen molar-refractivity contribution in [2.75, 3.05) is 36.4 Å². The van der Waals surface area contributed by atoms with Gasteiger partial charge in [-0.05, 0) is 25.5 Å². The van der Waals surface area contributed by atoms with Crippen LogP contribution in [-0.4, -0.2) is 53.3 Å². The quantitative estimate of drug-likeness (QED) is 0.320. The molecule has 0 saturated heterocycles. The zero-order chi connectivity index (χ0) is 19.8. The molecule has 0 bridgehead atoms. The van der Waals surface area contributed by atoms with Crippen LogP contribution >= 0.6 is 23.2 Å². The first kappa shape index (κ1) is 21.5. The molecule has 27 heavy (non-hydrogen) atoms. The van der Waals surface area contributed by atoms with Gasteiger partial charge in [0.15, 0.2) is 6.29 Å². The molecule has 0 N–H and O–H groups in total. The number of imidazole rings is 1. The number of rotatable bonds is 11. The molecular formula is C19H25Cl2N3O3. The second-order valence-corrected chi connectivity index (χ2v) is 6.85. The van der Waals surface area contributed by atoms with Crippen LogP contribution in [0, 0.1) is 0 Å². The van der Waals surface area contributed by atoms with E-state index >= 15 is 0 Å². The number of halogens is 2. The number of nitrogens with zero attached hydrogens (tertiary/aromatic N) is 3. The van der Waals surface area contributed by atoms with Gasteiger partial charge >= 0.3 is 5.97 Å². The van der Waals surface area contributed by atoms with Gasteiger partial charge in [-0.1, -0.05) is 0 Å². The summed E-state index contributed by atoms with van der Waals surface area (Å²) in [7, 11) is 1.92. The molecule has 8 heteroatoms. The summed E-state index contributed by atoms with van der Waals surface area (Å²) >= 11 is 11.8. The molecular weight excluding hydrogens is 389 g/mol. The van der Waals surface area contributed by atoms with Crippen LogP contribution in [-0.2, 0) is 23.0 Å². The molecule has 2 rings (SSSR count). The van der Waals surface area contributed by atoms with Crippen LogP contribution < -0.4 is 4.90 Å². The summed E-state index contributed by atoms with van der Waals surface area (Å²) < 4.78 is 6.92. The number of hydrogen-bond acceptors (Lipinski definition) is 5. The summed E-state index contributed by atoms with van der Waals surface area (Å²) in [6.07, 6.45) is 2.46. The van der Waals surface area contributed by atoms with Crippen molar-refractivity contribution in [1.82, 2.24) is 9.55 Å². The maximum Gasteiger partial charge on any atom is 0.305 e. The molecule has 0 aliphatic rings. The molecule has 1 aromatic heterocycles. The Balaban J connectivity index is 2.32. The van der Waals surface area contributed by atoms with Gasteiger partial charge in [-0.15, -0.1) is 23.2 Å². The SMILES string of the molecule is CCOC(=O)CCCc1nc2c(C=O)c(N(CCCl)CCCl)ccc2n1C. The highest BCUT2D eigenvalue weighted by atomic mass is 35.5. The van der Waals surface area contributed by atoms with Crippen molar-refractivity contribution in [3.63, 3.8) is 0 Å². The van der Waals surface area contributed by atoms with E-state index in [1.54, 1.807) is 6.92 Å². The van der Waals surface area contributed by atoms with Crippen LogP contribution in [0.5, 0.6) is 0 Å². The largest absolute Gasteiger partial charge is 0.466 e. The molecule has 0 unspecified atom stereocenters. The monoisotopic (exact) mass is 413 g/mol. The van der Waals surface area contributed by atoms with E-state index in [1.807, 2.05) is 28.6 Å². The second-order valence-electron chi connectivity index (χ2n) is 6.09. The molecule has 0 aliphatic carbocycles. The lowest BCUT2D eigenvalue weighted by atomic mass is 10.1. The highest BCUT2D eigenvalue weighted by Crippen LogP contribution is 2.28. The molecule has 148 valence electrons. The van der Waals surface area contributed by atoms with Crippen LogP contribution in [0.2, 0.25) is 0 Å². The Hall–Kier alpha value is -1.79. The standard InChI is InChI=1S/C19H25Cl2N3O3/c1-3-27-18(26)6-4-5-17-22-19-14(13-25)15(7-8-16(19)23(17)2)24(11-9-20)12-10-21/h7-8,13H,3-6,9-12H2,1-2H3. The first-order valence-electron chi connectivity index (χ1n) is 9.03. The van der Waals surface area contributed by atoms with Gasteiger partial charge < -0.3 is 14.2 Å². The van der Waals surface area contributed by atoms with Gasteiger partial charge in [0.25, 0.3) is 0 Å². The van der Waals surface area contributed by atoms with Crippen molar-refractivity contribution in [3.05, 3.63) is 23.5 Å². The van der Waals surface area contributed by atoms with Gasteiger partial charge in [-0.25, -0.2) is 4.98 Å². The lowest BCUT2D eigenvalue weighted by Crippen LogP contribution is -2.28. The fourth-order valence-corrected chi connectivity index (χ4v) is 3.52. The number of alkyl halides is 2. The molecule has 0 saturated carbocycles. The van der Waals surface area contributed by atoms with E-state index in [-0.39, 0.29) is 5.97 Å². The fourth-order valence-electron chi connectivity index (χ4n) is 3.11. The van der Waals surface area contributed by atoms with E-state index in [1.165, 1.54) is 0 Å². The lowest BCUT2D eigenvalue weighted by molar-refractivity contribution is -0.143. The molecule has 0 aliphatic heterocycles. The van der Waals surface area contributed by atoms with Gasteiger partial charge in [0.1, 0.15) is 11.3 Å². The molecule has 2 aromatic rings. The van der Waals surface area contributed by atoms with E-state index in [0.717, 1.165) is 23.3 Å². The number of aldehydes is 1. The van der Waals surface area contributed by atoms with Crippen LogP contribution in [0.3, 0.4) is 0 Å². The van der Waals surface area contributed by atoms with E-state index in [4.69, 9.17) is 27.9 Å². The van der Waals surface area contributed by atoms with Gasteiger partial charge in [0.2, 0.25) is 0 Å². The summed E-state index contributed by atoms with van der Waals surface area (Å²) in [5, 5.41) is 0. The Morgan fingerprint density at radius 3 is 2.59 bits per heavy atom. The van der Waals surface area contributed by atoms with Gasteiger partial charge in [-0.3, -0.25) is 9.59 Å². The smallest absolute Gasteiger partial charge is 0.305 e. The van der Waals surface area contributed by atoms with Crippen molar-refractivity contribution in [2.24, 2.45) is 7.05 Å². The second kappa shape index (κ2) is 10.5. The third kappa shape index (κ3) is 5.14. The number of ether oxygens (including phenoxy) is 1. The van der Waals surface area contributed by atoms with E-state index in [9.17, 15) is 9.59 Å². The number of esters is 1. The predicted octanol–water partition coefficient (Wildman–Crippen LogP) is 3.56. The summed E-state index contributed by atoms with van der Waals surface area (Å²) in [5.74, 6) is 1.50. The zero-order valence-electron chi connectivity index (χ0n) is 15.7.